The molecule has 0 bridgehead atoms. The van der Waals surface area contributed by atoms with Gasteiger partial charge in [0.05, 0.1) is 0 Å². The number of rotatable bonds is 5. The van der Waals surface area contributed by atoms with Crippen LogP contribution >= 0.6 is 0 Å². The highest BCUT2D eigenvalue weighted by Crippen LogP contribution is 2.32. The summed E-state index contributed by atoms with van der Waals surface area (Å²) >= 11 is 0. The van der Waals surface area contributed by atoms with Crippen molar-refractivity contribution in [2.75, 3.05) is 0 Å². The molecule has 0 heterocycles. The minimum Gasteiger partial charge on any atom is -0.0625 e. The van der Waals surface area contributed by atoms with E-state index in [4.69, 9.17) is 0 Å². The van der Waals surface area contributed by atoms with Crippen molar-refractivity contribution in [3.05, 3.63) is 132 Å². The average Bonchev–Trinajstić information content (AvgIpc) is 2.85. The van der Waals surface area contributed by atoms with Crippen LogP contribution in [0.15, 0.2) is 115 Å². The summed E-state index contributed by atoms with van der Waals surface area (Å²) < 4.78 is 0. The second kappa shape index (κ2) is 11.2. The Labute approximate surface area is 205 Å². The molecule has 0 heteroatoms. The minimum atomic E-state index is 0.502. The Kier molecular flexibility index (Phi) is 7.80. The van der Waals surface area contributed by atoms with E-state index in [1.165, 1.54) is 38.2 Å². The molecule has 5 aromatic carbocycles. The van der Waals surface area contributed by atoms with Gasteiger partial charge in [0.25, 0.3) is 0 Å². The first-order valence-electron chi connectivity index (χ1n) is 12.5. The van der Waals surface area contributed by atoms with E-state index >= 15 is 0 Å². The van der Waals surface area contributed by atoms with Gasteiger partial charge < -0.3 is 0 Å². The van der Waals surface area contributed by atoms with Gasteiger partial charge in [0.2, 0.25) is 0 Å². The lowest BCUT2D eigenvalue weighted by molar-refractivity contribution is 0.564. The predicted molar refractivity (Wildman–Crippen MR) is 150 cm³/mol. The van der Waals surface area contributed by atoms with E-state index in [0.29, 0.717) is 17.8 Å². The molecule has 5 aromatic rings. The monoisotopic (exact) mass is 444 g/mol. The lowest BCUT2D eigenvalue weighted by atomic mass is 9.83. The standard InChI is InChI=1S/C18H18.C16H18/c1-13(2)11-18-16-9-5-3-7-14(16)12-15-8-4-6-10-17(15)18;1-13(2)16(14-9-5-3-6-10-14)15-11-7-4-8-12-15/h3-10,12-13H,11H2,1-2H3;3-13,16H,1-2H3. The second-order valence-corrected chi connectivity index (χ2v) is 9.94. The van der Waals surface area contributed by atoms with E-state index in [-0.39, 0.29) is 0 Å². The molecule has 5 rings (SSSR count). The highest BCUT2D eigenvalue weighted by atomic mass is 14.2. The van der Waals surface area contributed by atoms with Crippen molar-refractivity contribution < 1.29 is 0 Å². The van der Waals surface area contributed by atoms with Crippen LogP contribution in [0, 0.1) is 11.8 Å². The molecule has 0 saturated heterocycles. The fourth-order valence-corrected chi connectivity index (χ4v) is 5.02. The van der Waals surface area contributed by atoms with Gasteiger partial charge >= 0.3 is 0 Å². The average molecular weight is 445 g/mol. The molecule has 0 fully saturated rings. The van der Waals surface area contributed by atoms with Crippen LogP contribution in [0.5, 0.6) is 0 Å². The summed E-state index contributed by atoms with van der Waals surface area (Å²) in [5.41, 5.74) is 4.31. The molecule has 0 atom stereocenters. The van der Waals surface area contributed by atoms with Crippen molar-refractivity contribution >= 4 is 21.5 Å². The fourth-order valence-electron chi connectivity index (χ4n) is 5.02. The molecule has 0 nitrogen and oxygen atoms in total. The fraction of sp³-hybridized carbons (Fsp3) is 0.235. The van der Waals surface area contributed by atoms with Crippen LogP contribution in [-0.4, -0.2) is 0 Å². The third-order valence-electron chi connectivity index (χ3n) is 6.48. The summed E-state index contributed by atoms with van der Waals surface area (Å²) in [5, 5.41) is 5.52. The van der Waals surface area contributed by atoms with E-state index < -0.39 is 0 Å². The Morgan fingerprint density at radius 2 is 0.912 bits per heavy atom. The van der Waals surface area contributed by atoms with Gasteiger partial charge in [-0.2, -0.15) is 0 Å². The normalized spacial score (nSPS) is 11.3. The first-order valence-corrected chi connectivity index (χ1v) is 12.5. The summed E-state index contributed by atoms with van der Waals surface area (Å²) in [6.07, 6.45) is 1.14. The zero-order chi connectivity index (χ0) is 23.9. The molecule has 0 aliphatic carbocycles. The molecule has 0 radical (unpaired) electrons. The van der Waals surface area contributed by atoms with Gasteiger partial charge in [-0.15, -0.1) is 0 Å². The van der Waals surface area contributed by atoms with E-state index in [9.17, 15) is 0 Å². The van der Waals surface area contributed by atoms with E-state index in [1.807, 2.05) is 0 Å². The van der Waals surface area contributed by atoms with Crippen LogP contribution in [0.1, 0.15) is 50.3 Å². The maximum absolute atomic E-state index is 2.30. The van der Waals surface area contributed by atoms with Crippen LogP contribution in [0.4, 0.5) is 0 Å². The molecular weight excluding hydrogens is 408 g/mol. The third kappa shape index (κ3) is 5.57. The summed E-state index contributed by atoms with van der Waals surface area (Å²) in [6.45, 7) is 9.14. The molecule has 0 unspecified atom stereocenters. The molecule has 0 N–H and O–H groups in total. The van der Waals surface area contributed by atoms with Crippen LogP contribution in [0.25, 0.3) is 21.5 Å². The summed E-state index contributed by atoms with van der Waals surface area (Å²) in [5.74, 6) is 1.80. The van der Waals surface area contributed by atoms with Gasteiger partial charge in [0.15, 0.2) is 0 Å². The van der Waals surface area contributed by atoms with Crippen LogP contribution < -0.4 is 0 Å². The highest BCUT2D eigenvalue weighted by Gasteiger charge is 2.17. The van der Waals surface area contributed by atoms with Gasteiger partial charge in [-0.05, 0) is 62.6 Å². The van der Waals surface area contributed by atoms with Gasteiger partial charge in [-0.3, -0.25) is 0 Å². The van der Waals surface area contributed by atoms with Crippen molar-refractivity contribution in [1.29, 1.82) is 0 Å². The Morgan fingerprint density at radius 1 is 0.500 bits per heavy atom. The maximum Gasteiger partial charge on any atom is 0.0112 e. The Balaban J connectivity index is 0.000000162. The summed E-state index contributed by atoms with van der Waals surface area (Å²) in [4.78, 5) is 0. The number of hydrogen-bond acceptors (Lipinski definition) is 0. The van der Waals surface area contributed by atoms with Crippen LogP contribution in [0.3, 0.4) is 0 Å². The van der Waals surface area contributed by atoms with Crippen molar-refractivity contribution in [1.82, 2.24) is 0 Å². The summed E-state index contributed by atoms with van der Waals surface area (Å²) in [6, 6.07) is 41.3. The first-order chi connectivity index (χ1) is 16.5. The Hall–Kier alpha value is -3.38. The molecule has 0 spiro atoms. The van der Waals surface area contributed by atoms with Crippen molar-refractivity contribution in [3.8, 4) is 0 Å². The topological polar surface area (TPSA) is 0 Å². The zero-order valence-corrected chi connectivity index (χ0v) is 20.9. The highest BCUT2D eigenvalue weighted by molar-refractivity contribution is 6.02. The molecule has 34 heavy (non-hydrogen) atoms. The molecule has 172 valence electrons. The van der Waals surface area contributed by atoms with Crippen molar-refractivity contribution in [3.63, 3.8) is 0 Å². The van der Waals surface area contributed by atoms with Gasteiger partial charge in [-0.1, -0.05) is 137 Å². The number of benzene rings is 5. The lowest BCUT2D eigenvalue weighted by Crippen LogP contribution is -2.08. The second-order valence-electron chi connectivity index (χ2n) is 9.94. The molecule has 0 aromatic heterocycles. The molecule has 0 aliphatic rings. The van der Waals surface area contributed by atoms with Crippen LogP contribution in [0.2, 0.25) is 0 Å². The van der Waals surface area contributed by atoms with Crippen LogP contribution in [-0.2, 0) is 6.42 Å². The molecule has 0 amide bonds. The molecule has 0 aliphatic heterocycles. The van der Waals surface area contributed by atoms with E-state index in [0.717, 1.165) is 6.42 Å². The van der Waals surface area contributed by atoms with Gasteiger partial charge in [0, 0.05) is 5.92 Å². The number of hydrogen-bond donors (Lipinski definition) is 0. The minimum absolute atomic E-state index is 0.502. The molecule has 0 saturated carbocycles. The Morgan fingerprint density at radius 3 is 1.32 bits per heavy atom. The third-order valence-corrected chi connectivity index (χ3v) is 6.48. The zero-order valence-electron chi connectivity index (χ0n) is 20.9. The smallest absolute Gasteiger partial charge is 0.0112 e. The van der Waals surface area contributed by atoms with E-state index in [2.05, 4.69) is 143 Å². The summed E-state index contributed by atoms with van der Waals surface area (Å²) in [7, 11) is 0. The quantitative estimate of drug-likeness (QED) is 0.237. The predicted octanol–water partition coefficient (Wildman–Crippen LogP) is 9.67. The molecular formula is C34H36. The maximum atomic E-state index is 2.30. The van der Waals surface area contributed by atoms with Gasteiger partial charge in [0.1, 0.15) is 0 Å². The largest absolute Gasteiger partial charge is 0.0625 e. The van der Waals surface area contributed by atoms with Crippen molar-refractivity contribution in [2.24, 2.45) is 11.8 Å². The van der Waals surface area contributed by atoms with E-state index in [1.54, 1.807) is 0 Å². The Bertz CT molecular complexity index is 1220. The van der Waals surface area contributed by atoms with Crippen molar-refractivity contribution in [2.45, 2.75) is 40.0 Å². The lowest BCUT2D eigenvalue weighted by Gasteiger charge is -2.21. The number of fused-ring (bicyclic) bond motifs is 2. The van der Waals surface area contributed by atoms with Gasteiger partial charge in [-0.25, -0.2) is 0 Å². The first kappa shape index (κ1) is 23.8. The SMILES string of the molecule is CC(C)C(c1ccccc1)c1ccccc1.CC(C)Cc1c2ccccc2cc2ccccc12.